The monoisotopic (exact) mass is 290 g/mol. The number of hydrogen-bond donors (Lipinski definition) is 1. The van der Waals surface area contributed by atoms with Crippen LogP contribution >= 0.6 is 11.6 Å². The zero-order chi connectivity index (χ0) is 13.4. The maximum atomic E-state index is 11.5. The van der Waals surface area contributed by atoms with Gasteiger partial charge in [-0.2, -0.15) is 0 Å². The second kappa shape index (κ2) is 8.51. The first-order chi connectivity index (χ1) is 8.61. The summed E-state index contributed by atoms with van der Waals surface area (Å²) in [5.74, 6) is 1.57. The van der Waals surface area contributed by atoms with Crippen molar-refractivity contribution >= 4 is 22.4 Å². The van der Waals surface area contributed by atoms with Crippen LogP contribution in [-0.2, 0) is 10.8 Å². The molecule has 1 aromatic rings. The van der Waals surface area contributed by atoms with Crippen molar-refractivity contribution in [1.82, 2.24) is 0 Å². The molecule has 3 nitrogen and oxygen atoms in total. The summed E-state index contributed by atoms with van der Waals surface area (Å²) in [5.41, 5.74) is 0. The molecule has 18 heavy (non-hydrogen) atoms. The van der Waals surface area contributed by atoms with E-state index in [2.05, 4.69) is 6.92 Å². The molecule has 5 heteroatoms. The van der Waals surface area contributed by atoms with Crippen LogP contribution in [0.5, 0.6) is 5.75 Å². The van der Waals surface area contributed by atoms with E-state index in [1.54, 1.807) is 24.3 Å². The fourth-order valence-electron chi connectivity index (χ4n) is 1.37. The first-order valence-electron chi connectivity index (χ1n) is 6.03. The Morgan fingerprint density at radius 3 is 2.67 bits per heavy atom. The molecule has 0 aromatic heterocycles. The minimum absolute atomic E-state index is 0.152. The van der Waals surface area contributed by atoms with Crippen molar-refractivity contribution in [2.45, 2.75) is 25.9 Å². The number of hydrogen-bond acceptors (Lipinski definition) is 3. The Morgan fingerprint density at radius 1 is 1.39 bits per heavy atom. The molecular weight excluding hydrogens is 272 g/mol. The lowest BCUT2D eigenvalue weighted by molar-refractivity contribution is 0.125. The molecule has 1 N–H and O–H groups in total. The van der Waals surface area contributed by atoms with E-state index in [4.69, 9.17) is 16.3 Å². The normalized spacial score (nSPS) is 14.2. The van der Waals surface area contributed by atoms with Crippen LogP contribution in [0, 0.1) is 0 Å². The molecule has 102 valence electrons. The van der Waals surface area contributed by atoms with Crippen molar-refractivity contribution in [3.63, 3.8) is 0 Å². The predicted octanol–water partition coefficient (Wildman–Crippen LogP) is 2.63. The molecule has 1 aromatic carbocycles. The molecule has 0 aliphatic rings. The average Bonchev–Trinajstić information content (AvgIpc) is 2.35. The van der Waals surface area contributed by atoms with Crippen molar-refractivity contribution in [2.75, 3.05) is 18.1 Å². The van der Waals surface area contributed by atoms with Gasteiger partial charge in [-0.15, -0.1) is 0 Å². The van der Waals surface area contributed by atoms with E-state index in [0.29, 0.717) is 16.5 Å². The first-order valence-corrected chi connectivity index (χ1v) is 7.89. The molecular formula is C13H19ClO3S. The third-order valence-corrected chi connectivity index (χ3v) is 4.11. The lowest BCUT2D eigenvalue weighted by Crippen LogP contribution is -2.25. The Labute approximate surface area is 116 Å². The van der Waals surface area contributed by atoms with E-state index in [9.17, 15) is 9.32 Å². The largest absolute Gasteiger partial charge is 0.491 e. The molecule has 0 saturated heterocycles. The molecule has 0 heterocycles. The van der Waals surface area contributed by atoms with Gasteiger partial charge in [0.1, 0.15) is 12.4 Å². The van der Waals surface area contributed by atoms with Gasteiger partial charge in [0.25, 0.3) is 0 Å². The van der Waals surface area contributed by atoms with Gasteiger partial charge in [-0.3, -0.25) is 4.21 Å². The van der Waals surface area contributed by atoms with Crippen LogP contribution in [0.2, 0.25) is 5.02 Å². The summed E-state index contributed by atoms with van der Waals surface area (Å²) in [6, 6.07) is 6.93. The van der Waals surface area contributed by atoms with Crippen LogP contribution < -0.4 is 4.74 Å². The lowest BCUT2D eigenvalue weighted by Gasteiger charge is -2.12. The minimum atomic E-state index is -0.963. The number of aliphatic hydroxyl groups excluding tert-OH is 1. The topological polar surface area (TPSA) is 46.5 Å². The lowest BCUT2D eigenvalue weighted by atomic mass is 10.3. The van der Waals surface area contributed by atoms with Crippen LogP contribution in [0.1, 0.15) is 19.8 Å². The van der Waals surface area contributed by atoms with Crippen LogP contribution in [0.4, 0.5) is 0 Å². The number of halogens is 1. The quantitative estimate of drug-likeness (QED) is 0.800. The van der Waals surface area contributed by atoms with E-state index in [0.717, 1.165) is 12.8 Å². The van der Waals surface area contributed by atoms with Gasteiger partial charge in [-0.25, -0.2) is 0 Å². The fourth-order valence-corrected chi connectivity index (χ4v) is 2.80. The zero-order valence-electron chi connectivity index (χ0n) is 10.5. The number of unbranched alkanes of at least 4 members (excludes halogenated alkanes) is 1. The molecule has 2 atom stereocenters. The Hall–Kier alpha value is -0.580. The van der Waals surface area contributed by atoms with Gasteiger partial charge in [0.05, 0.1) is 11.9 Å². The molecule has 0 amide bonds. The van der Waals surface area contributed by atoms with Crippen LogP contribution in [-0.4, -0.2) is 33.5 Å². The van der Waals surface area contributed by atoms with Crippen LogP contribution in [0.3, 0.4) is 0 Å². The number of aliphatic hydroxyl groups is 1. The van der Waals surface area contributed by atoms with Crippen molar-refractivity contribution in [3.8, 4) is 5.75 Å². The van der Waals surface area contributed by atoms with E-state index < -0.39 is 16.9 Å². The van der Waals surface area contributed by atoms with Gasteiger partial charge < -0.3 is 9.84 Å². The summed E-state index contributed by atoms with van der Waals surface area (Å²) in [7, 11) is -0.963. The highest BCUT2D eigenvalue weighted by molar-refractivity contribution is 7.85. The summed E-state index contributed by atoms with van der Waals surface area (Å²) >= 11 is 5.75. The van der Waals surface area contributed by atoms with Crippen molar-refractivity contribution in [2.24, 2.45) is 0 Å². The smallest absolute Gasteiger partial charge is 0.119 e. The Bertz CT molecular complexity index is 367. The zero-order valence-corrected chi connectivity index (χ0v) is 12.0. The molecule has 1 rings (SSSR count). The third kappa shape index (κ3) is 6.38. The average molecular weight is 291 g/mol. The summed E-state index contributed by atoms with van der Waals surface area (Å²) in [6.07, 6.45) is 1.25. The van der Waals surface area contributed by atoms with Gasteiger partial charge in [0.2, 0.25) is 0 Å². The maximum Gasteiger partial charge on any atom is 0.119 e. The van der Waals surface area contributed by atoms with Gasteiger partial charge in [-0.1, -0.05) is 24.9 Å². The number of rotatable bonds is 8. The van der Waals surface area contributed by atoms with Gasteiger partial charge in [-0.05, 0) is 30.7 Å². The summed E-state index contributed by atoms with van der Waals surface area (Å²) in [5, 5.41) is 10.3. The molecule has 0 fully saturated rings. The Kier molecular flexibility index (Phi) is 7.32. The molecule has 0 aliphatic carbocycles. The van der Waals surface area contributed by atoms with Crippen molar-refractivity contribution < 1.29 is 14.1 Å². The highest BCUT2D eigenvalue weighted by atomic mass is 35.5. The van der Waals surface area contributed by atoms with Crippen LogP contribution in [0.15, 0.2) is 24.3 Å². The van der Waals surface area contributed by atoms with E-state index in [-0.39, 0.29) is 12.4 Å². The van der Waals surface area contributed by atoms with Crippen molar-refractivity contribution in [3.05, 3.63) is 29.3 Å². The molecule has 0 bridgehead atoms. The van der Waals surface area contributed by atoms with Gasteiger partial charge in [0, 0.05) is 21.6 Å². The number of benzene rings is 1. The summed E-state index contributed by atoms with van der Waals surface area (Å²) in [4.78, 5) is 0. The van der Waals surface area contributed by atoms with Crippen molar-refractivity contribution in [1.29, 1.82) is 0 Å². The molecule has 0 saturated carbocycles. The third-order valence-electron chi connectivity index (χ3n) is 2.36. The minimum Gasteiger partial charge on any atom is -0.491 e. The highest BCUT2D eigenvalue weighted by Crippen LogP contribution is 2.15. The molecule has 0 spiro atoms. The second-order valence-corrected chi connectivity index (χ2v) is 6.14. The SMILES string of the molecule is CCCC[S@](=O)C[C@@H](O)COc1ccc(Cl)cc1. The summed E-state index contributed by atoms with van der Waals surface area (Å²) < 4.78 is 16.9. The van der Waals surface area contributed by atoms with E-state index >= 15 is 0 Å². The standard InChI is InChI=1S/C13H19ClO3S/c1-2-3-8-18(16)10-12(15)9-17-13-6-4-11(14)5-7-13/h4-7,12,15H,2-3,8-10H2,1H3/t12-,18-/m0/s1. The van der Waals surface area contributed by atoms with Crippen LogP contribution in [0.25, 0.3) is 0 Å². The van der Waals surface area contributed by atoms with E-state index in [1.807, 2.05) is 0 Å². The van der Waals surface area contributed by atoms with Gasteiger partial charge >= 0.3 is 0 Å². The molecule has 0 aliphatic heterocycles. The number of ether oxygens (including phenoxy) is 1. The molecule has 0 unspecified atom stereocenters. The van der Waals surface area contributed by atoms with Gasteiger partial charge in [0.15, 0.2) is 0 Å². The maximum absolute atomic E-state index is 11.5. The van der Waals surface area contributed by atoms with E-state index in [1.165, 1.54) is 0 Å². The summed E-state index contributed by atoms with van der Waals surface area (Å²) in [6.45, 7) is 2.21. The predicted molar refractivity (Wildman–Crippen MR) is 75.7 cm³/mol. The first kappa shape index (κ1) is 15.5. The molecule has 0 radical (unpaired) electrons. The fraction of sp³-hybridized carbons (Fsp3) is 0.538. The Balaban J connectivity index is 2.26. The second-order valence-electron chi connectivity index (χ2n) is 4.08. The Morgan fingerprint density at radius 2 is 2.06 bits per heavy atom. The highest BCUT2D eigenvalue weighted by Gasteiger charge is 2.10.